The van der Waals surface area contributed by atoms with Crippen LogP contribution in [0.5, 0.6) is 5.88 Å². The predicted molar refractivity (Wildman–Crippen MR) is 143 cm³/mol. The molecular formula is C28H26Cl2N2O5. The number of pyridine rings is 1. The van der Waals surface area contributed by atoms with Gasteiger partial charge in [-0.15, -0.1) is 0 Å². The van der Waals surface area contributed by atoms with E-state index >= 15 is 0 Å². The summed E-state index contributed by atoms with van der Waals surface area (Å²) in [7, 11) is 0. The fourth-order valence-corrected chi connectivity index (χ4v) is 4.54. The lowest BCUT2D eigenvalue weighted by molar-refractivity contribution is -0.155. The number of halogens is 2. The fourth-order valence-electron chi connectivity index (χ4n) is 4.04. The lowest BCUT2D eigenvalue weighted by Crippen LogP contribution is -2.26. The molecule has 0 atom stereocenters. The van der Waals surface area contributed by atoms with Crippen molar-refractivity contribution in [3.8, 4) is 17.0 Å². The molecule has 0 aliphatic heterocycles. The Bertz CT molecular complexity index is 1490. The number of hydrogen-bond donors (Lipinski definition) is 1. The van der Waals surface area contributed by atoms with E-state index in [4.69, 9.17) is 32.7 Å². The first-order valence-corrected chi connectivity index (χ1v) is 12.3. The second kappa shape index (κ2) is 10.4. The number of hydrogen-bond acceptors (Lipinski definition) is 6. The molecule has 0 aliphatic rings. The number of carbonyl (C=O) groups excluding carboxylic acids is 2. The van der Waals surface area contributed by atoms with Crippen LogP contribution < -0.4 is 0 Å². The van der Waals surface area contributed by atoms with Crippen molar-refractivity contribution in [1.82, 2.24) is 9.55 Å². The normalized spacial score (nSPS) is 11.5. The van der Waals surface area contributed by atoms with Gasteiger partial charge in [0.25, 0.3) is 0 Å². The van der Waals surface area contributed by atoms with Crippen molar-refractivity contribution in [2.24, 2.45) is 0 Å². The number of aryl methyl sites for hydroxylation is 1. The summed E-state index contributed by atoms with van der Waals surface area (Å²) >= 11 is 12.7. The molecule has 0 radical (unpaired) electrons. The summed E-state index contributed by atoms with van der Waals surface area (Å²) in [4.78, 5) is 30.4. The molecule has 2 heterocycles. The first-order chi connectivity index (χ1) is 17.4. The van der Waals surface area contributed by atoms with Crippen molar-refractivity contribution in [3.05, 3.63) is 81.6 Å². The number of benzene rings is 2. The molecular weight excluding hydrogens is 515 g/mol. The van der Waals surface area contributed by atoms with E-state index in [2.05, 4.69) is 4.98 Å². The minimum absolute atomic E-state index is 0.0522. The van der Waals surface area contributed by atoms with Gasteiger partial charge in [0.2, 0.25) is 5.88 Å². The molecule has 0 fully saturated rings. The van der Waals surface area contributed by atoms with Gasteiger partial charge in [-0.3, -0.25) is 9.78 Å². The van der Waals surface area contributed by atoms with Crippen molar-refractivity contribution in [3.63, 3.8) is 0 Å². The van der Waals surface area contributed by atoms with E-state index < -0.39 is 17.5 Å². The van der Waals surface area contributed by atoms with Crippen molar-refractivity contribution in [1.29, 1.82) is 0 Å². The molecule has 0 unspecified atom stereocenters. The highest BCUT2D eigenvalue weighted by atomic mass is 35.5. The first kappa shape index (κ1) is 26.5. The molecule has 0 saturated carbocycles. The highest BCUT2D eigenvalue weighted by molar-refractivity contribution is 6.37. The molecule has 0 aliphatic carbocycles. The molecule has 0 spiro atoms. The molecule has 0 saturated heterocycles. The van der Waals surface area contributed by atoms with Crippen LogP contribution in [0, 0.1) is 6.92 Å². The Balaban J connectivity index is 1.86. The smallest absolute Gasteiger partial charge is 0.340 e. The number of carbonyl (C=O) groups is 2. The van der Waals surface area contributed by atoms with Gasteiger partial charge in [0, 0.05) is 27.4 Å². The first-order valence-electron chi connectivity index (χ1n) is 11.6. The lowest BCUT2D eigenvalue weighted by atomic mass is 9.95. The van der Waals surface area contributed by atoms with Crippen LogP contribution in [-0.4, -0.2) is 32.2 Å². The molecule has 1 N–H and O–H groups in total. The van der Waals surface area contributed by atoms with Gasteiger partial charge in [-0.1, -0.05) is 59.6 Å². The Kier molecular flexibility index (Phi) is 7.48. The van der Waals surface area contributed by atoms with Gasteiger partial charge in [-0.05, 0) is 45.4 Å². The third-order valence-electron chi connectivity index (χ3n) is 5.52. The van der Waals surface area contributed by atoms with Crippen LogP contribution in [0.4, 0.5) is 0 Å². The van der Waals surface area contributed by atoms with E-state index in [9.17, 15) is 14.7 Å². The van der Waals surface area contributed by atoms with Gasteiger partial charge in [-0.25, -0.2) is 4.79 Å². The minimum Gasteiger partial charge on any atom is -0.494 e. The fraction of sp³-hybridized carbons (Fsp3) is 0.250. The van der Waals surface area contributed by atoms with Crippen molar-refractivity contribution < 1.29 is 24.2 Å². The summed E-state index contributed by atoms with van der Waals surface area (Å²) in [5.74, 6) is -1.42. The predicted octanol–water partition coefficient (Wildman–Crippen LogP) is 6.72. The average molecular weight is 541 g/mol. The van der Waals surface area contributed by atoms with Crippen molar-refractivity contribution in [2.45, 2.75) is 46.4 Å². The number of nitrogens with zero attached hydrogens (tertiary/aromatic N) is 2. The Labute approximate surface area is 224 Å². The van der Waals surface area contributed by atoms with Crippen LogP contribution in [0.15, 0.2) is 54.7 Å². The van der Waals surface area contributed by atoms with E-state index in [0.717, 1.165) is 5.56 Å². The lowest BCUT2D eigenvalue weighted by Gasteiger charge is -2.19. The molecule has 0 amide bonds. The van der Waals surface area contributed by atoms with Gasteiger partial charge >= 0.3 is 11.9 Å². The Morgan fingerprint density at radius 2 is 1.78 bits per heavy atom. The maximum atomic E-state index is 13.4. The molecule has 37 heavy (non-hydrogen) atoms. The highest BCUT2D eigenvalue weighted by Gasteiger charge is 2.28. The summed E-state index contributed by atoms with van der Waals surface area (Å²) in [6, 6.07) is 14.1. The van der Waals surface area contributed by atoms with Crippen molar-refractivity contribution in [2.75, 3.05) is 0 Å². The molecule has 7 nitrogen and oxygen atoms in total. The second-order valence-electron chi connectivity index (χ2n) is 9.56. The van der Waals surface area contributed by atoms with E-state index in [1.165, 1.54) is 10.8 Å². The molecule has 4 rings (SSSR count). The number of aromatic nitrogens is 2. The number of fused-ring (bicyclic) bond motifs is 1. The summed E-state index contributed by atoms with van der Waals surface area (Å²) in [6.45, 7) is 6.76. The van der Waals surface area contributed by atoms with Crippen LogP contribution in [-0.2, 0) is 27.4 Å². The van der Waals surface area contributed by atoms with E-state index in [1.807, 2.05) is 30.3 Å². The van der Waals surface area contributed by atoms with Crippen LogP contribution in [0.2, 0.25) is 10.0 Å². The molecule has 0 bridgehead atoms. The monoisotopic (exact) mass is 540 g/mol. The Morgan fingerprint density at radius 1 is 1.08 bits per heavy atom. The summed E-state index contributed by atoms with van der Waals surface area (Å²) in [5.41, 5.74) is 1.82. The zero-order chi connectivity index (χ0) is 26.9. The maximum Gasteiger partial charge on any atom is 0.340 e. The Morgan fingerprint density at radius 3 is 2.43 bits per heavy atom. The van der Waals surface area contributed by atoms with Gasteiger partial charge in [-0.2, -0.15) is 0 Å². The van der Waals surface area contributed by atoms with Gasteiger partial charge in [0.15, 0.2) is 0 Å². The molecule has 192 valence electrons. The van der Waals surface area contributed by atoms with E-state index in [1.54, 1.807) is 45.9 Å². The minimum atomic E-state index is -0.689. The quantitative estimate of drug-likeness (QED) is 0.273. The number of esters is 2. The second-order valence-corrected chi connectivity index (χ2v) is 10.4. The van der Waals surface area contributed by atoms with E-state index in [0.29, 0.717) is 27.4 Å². The molecule has 2 aromatic carbocycles. The summed E-state index contributed by atoms with van der Waals surface area (Å²) < 4.78 is 12.4. The number of aromatic hydroxyl groups is 1. The standard InChI is InChI=1S/C28H26Cl2N2O5/c1-16-23(27(35)36-15-17-8-6-5-7-9-17)24(19-11-10-18(29)12-20(19)30)25-21(31-16)13-32(26(25)34)14-22(33)37-28(2,3)4/h5-13,34H,14-15H2,1-4H3. The van der Waals surface area contributed by atoms with Gasteiger partial charge in [0.05, 0.1) is 22.2 Å². The molecule has 2 aromatic heterocycles. The Hall–Kier alpha value is -3.55. The number of ether oxygens (including phenoxy) is 2. The third kappa shape index (κ3) is 5.89. The average Bonchev–Trinajstić information content (AvgIpc) is 3.10. The SMILES string of the molecule is Cc1nc2cn(CC(=O)OC(C)(C)C)c(O)c2c(-c2ccc(Cl)cc2Cl)c1C(=O)OCc1ccccc1. The summed E-state index contributed by atoms with van der Waals surface area (Å²) in [5, 5.41) is 12.2. The van der Waals surface area contributed by atoms with Crippen LogP contribution in [0.3, 0.4) is 0 Å². The van der Waals surface area contributed by atoms with E-state index in [-0.39, 0.29) is 35.0 Å². The largest absolute Gasteiger partial charge is 0.494 e. The van der Waals surface area contributed by atoms with Crippen LogP contribution in [0.1, 0.15) is 42.4 Å². The van der Waals surface area contributed by atoms with Crippen molar-refractivity contribution >= 4 is 46.0 Å². The highest BCUT2D eigenvalue weighted by Crippen LogP contribution is 2.42. The van der Waals surface area contributed by atoms with Gasteiger partial charge in [0.1, 0.15) is 18.8 Å². The molecule has 9 heteroatoms. The topological polar surface area (TPSA) is 90.7 Å². The third-order valence-corrected chi connectivity index (χ3v) is 6.06. The maximum absolute atomic E-state index is 13.4. The molecule has 4 aromatic rings. The van der Waals surface area contributed by atoms with Crippen LogP contribution in [0.25, 0.3) is 22.0 Å². The van der Waals surface area contributed by atoms with Gasteiger partial charge < -0.3 is 19.1 Å². The zero-order valence-electron chi connectivity index (χ0n) is 20.8. The van der Waals surface area contributed by atoms with Crippen LogP contribution >= 0.6 is 23.2 Å². The number of rotatable bonds is 6. The summed E-state index contributed by atoms with van der Waals surface area (Å²) in [6.07, 6.45) is 1.54. The zero-order valence-corrected chi connectivity index (χ0v) is 22.4.